The van der Waals surface area contributed by atoms with Crippen LogP contribution in [0.2, 0.25) is 0 Å². The predicted molar refractivity (Wildman–Crippen MR) is 161 cm³/mol. The van der Waals surface area contributed by atoms with Crippen molar-refractivity contribution in [3.63, 3.8) is 0 Å². The molecular formula is C31H29F3N6O2S. The van der Waals surface area contributed by atoms with E-state index in [2.05, 4.69) is 21.3 Å². The summed E-state index contributed by atoms with van der Waals surface area (Å²) in [7, 11) is 2.03. The van der Waals surface area contributed by atoms with Gasteiger partial charge in [0.05, 0.1) is 0 Å². The zero-order valence-corrected chi connectivity index (χ0v) is 24.3. The summed E-state index contributed by atoms with van der Waals surface area (Å²) in [5, 5.41) is -0.443. The van der Waals surface area contributed by atoms with Crippen LogP contribution in [0.3, 0.4) is 0 Å². The van der Waals surface area contributed by atoms with Crippen molar-refractivity contribution in [1.82, 2.24) is 19.8 Å². The van der Waals surface area contributed by atoms with Crippen molar-refractivity contribution in [3.8, 4) is 17.1 Å². The number of anilines is 1. The Morgan fingerprint density at radius 1 is 1.12 bits per heavy atom. The van der Waals surface area contributed by atoms with Gasteiger partial charge in [-0.25, -0.2) is 15.4 Å². The number of rotatable bonds is 7. The Hall–Kier alpha value is -4.21. The molecule has 2 aromatic heterocycles. The molecule has 43 heavy (non-hydrogen) atoms. The van der Waals surface area contributed by atoms with E-state index in [0.29, 0.717) is 59.0 Å². The smallest absolute Gasteiger partial charge is 0.319 e. The van der Waals surface area contributed by atoms with Crippen LogP contribution in [0, 0.1) is 23.3 Å². The van der Waals surface area contributed by atoms with Gasteiger partial charge >= 0.3 is 6.01 Å². The van der Waals surface area contributed by atoms with Crippen LogP contribution in [0.15, 0.2) is 43.0 Å². The molecule has 0 radical (unpaired) electrons. The van der Waals surface area contributed by atoms with Gasteiger partial charge in [0.25, 0.3) is 0 Å². The molecule has 2 saturated heterocycles. The Morgan fingerprint density at radius 3 is 2.70 bits per heavy atom. The second-order valence-electron chi connectivity index (χ2n) is 10.8. The van der Waals surface area contributed by atoms with Gasteiger partial charge in [-0.3, -0.25) is 4.79 Å². The largest absolute Gasteiger partial charge is 0.462 e. The summed E-state index contributed by atoms with van der Waals surface area (Å²) in [5.74, 6) is -1.44. The molecule has 0 unspecified atom stereocenters. The van der Waals surface area contributed by atoms with Crippen molar-refractivity contribution in [2.75, 3.05) is 51.3 Å². The number of likely N-dealkylation sites (N-methyl/N-ethyl adjacent to an activating group) is 1. The van der Waals surface area contributed by atoms with E-state index in [-0.39, 0.29) is 41.0 Å². The molecule has 4 aromatic rings. The maximum Gasteiger partial charge on any atom is 0.319 e. The summed E-state index contributed by atoms with van der Waals surface area (Å²) in [6, 6.07) is 7.70. The van der Waals surface area contributed by atoms with Crippen LogP contribution < -0.4 is 9.64 Å². The highest BCUT2D eigenvalue weighted by molar-refractivity contribution is 7.18. The van der Waals surface area contributed by atoms with E-state index in [0.717, 1.165) is 19.4 Å². The number of benzene rings is 2. The van der Waals surface area contributed by atoms with E-state index in [1.54, 1.807) is 29.2 Å². The lowest BCUT2D eigenvalue weighted by molar-refractivity contribution is -0.128. The van der Waals surface area contributed by atoms with Gasteiger partial charge in [-0.2, -0.15) is 14.4 Å². The van der Waals surface area contributed by atoms with Crippen molar-refractivity contribution in [2.24, 2.45) is 0 Å². The lowest BCUT2D eigenvalue weighted by Crippen LogP contribution is -2.56. The molecule has 1 amide bonds. The minimum Gasteiger partial charge on any atom is -0.462 e. The highest BCUT2D eigenvalue weighted by Gasteiger charge is 2.33. The van der Waals surface area contributed by atoms with Crippen molar-refractivity contribution in [1.29, 1.82) is 0 Å². The second kappa shape index (κ2) is 11.8. The van der Waals surface area contributed by atoms with Crippen LogP contribution in [0.25, 0.3) is 37.0 Å². The first-order valence-corrected chi connectivity index (χ1v) is 14.8. The standard InChI is InChI=1S/C31H29F3N6O2S/c1-4-24(41)40-14-13-39(16-19(40)15-35-2)30-23-11-10-20(21-8-5-9-22-26(33)29(34)43-28(21)22)25(32)27(23)36-31(37-30)42-17-18-7-6-12-38(18)3/h4-5,8-11,18-19H,1,6-7,12-17H2,3H3/t18-,19-/m0/s1. The molecule has 2 aliphatic heterocycles. The second-order valence-corrected chi connectivity index (χ2v) is 11.8. The number of halogens is 3. The predicted octanol–water partition coefficient (Wildman–Crippen LogP) is 5.52. The third kappa shape index (κ3) is 5.28. The Kier molecular flexibility index (Phi) is 7.94. The van der Waals surface area contributed by atoms with Gasteiger partial charge in [-0.05, 0) is 38.6 Å². The molecule has 0 bridgehead atoms. The average molecular weight is 607 g/mol. The molecule has 8 nitrogen and oxygen atoms in total. The third-order valence-electron chi connectivity index (χ3n) is 8.29. The van der Waals surface area contributed by atoms with Gasteiger partial charge in [0.15, 0.2) is 11.6 Å². The van der Waals surface area contributed by atoms with Gasteiger partial charge < -0.3 is 24.3 Å². The maximum atomic E-state index is 16.5. The molecule has 222 valence electrons. The van der Waals surface area contributed by atoms with Gasteiger partial charge in [0, 0.05) is 52.3 Å². The fourth-order valence-electron chi connectivity index (χ4n) is 5.99. The molecular weight excluding hydrogens is 577 g/mol. The number of hydrogen-bond acceptors (Lipinski definition) is 7. The van der Waals surface area contributed by atoms with E-state index in [9.17, 15) is 13.6 Å². The minimum absolute atomic E-state index is 0.0107. The lowest BCUT2D eigenvalue weighted by atomic mass is 10.0. The molecule has 0 N–H and O–H groups in total. The van der Waals surface area contributed by atoms with E-state index >= 15 is 4.39 Å². The molecule has 2 aromatic carbocycles. The Labute approximate surface area is 250 Å². The highest BCUT2D eigenvalue weighted by Crippen LogP contribution is 2.40. The quantitative estimate of drug-likeness (QED) is 0.204. The number of thiophene rings is 1. The van der Waals surface area contributed by atoms with Crippen molar-refractivity contribution >= 4 is 44.1 Å². The van der Waals surface area contributed by atoms with Crippen LogP contribution in [0.4, 0.5) is 19.0 Å². The lowest BCUT2D eigenvalue weighted by Gasteiger charge is -2.39. The number of amides is 1. The average Bonchev–Trinajstić information content (AvgIpc) is 3.56. The number of aromatic nitrogens is 2. The third-order valence-corrected chi connectivity index (χ3v) is 9.29. The molecule has 0 saturated carbocycles. The van der Waals surface area contributed by atoms with E-state index < -0.39 is 22.8 Å². The number of fused-ring (bicyclic) bond motifs is 2. The summed E-state index contributed by atoms with van der Waals surface area (Å²) < 4.78 is 51.4. The molecule has 0 aliphatic carbocycles. The fraction of sp³-hybridized carbons (Fsp3) is 0.355. The number of nitrogens with zero attached hydrogens (tertiary/aromatic N) is 6. The monoisotopic (exact) mass is 606 g/mol. The first-order valence-electron chi connectivity index (χ1n) is 14.0. The molecule has 2 atom stereocenters. The summed E-state index contributed by atoms with van der Waals surface area (Å²) >= 11 is 0.633. The van der Waals surface area contributed by atoms with Gasteiger partial charge in [0.1, 0.15) is 24.0 Å². The van der Waals surface area contributed by atoms with Gasteiger partial charge in [-0.15, -0.1) is 11.3 Å². The Balaban J connectivity index is 1.45. The molecule has 12 heteroatoms. The number of ether oxygens (including phenoxy) is 1. The minimum atomic E-state index is -0.955. The summed E-state index contributed by atoms with van der Waals surface area (Å²) in [5.41, 5.74) is 0.518. The van der Waals surface area contributed by atoms with Gasteiger partial charge in [-0.1, -0.05) is 30.8 Å². The highest BCUT2D eigenvalue weighted by atomic mass is 32.1. The number of hydrogen-bond donors (Lipinski definition) is 0. The van der Waals surface area contributed by atoms with Crippen LogP contribution >= 0.6 is 11.3 Å². The number of piperazine rings is 1. The fourth-order valence-corrected chi connectivity index (χ4v) is 6.92. The first-order chi connectivity index (χ1) is 20.8. The van der Waals surface area contributed by atoms with Crippen LogP contribution in [0.5, 0.6) is 6.01 Å². The van der Waals surface area contributed by atoms with E-state index in [4.69, 9.17) is 16.3 Å². The number of carbonyl (C=O) groups is 1. The number of likely N-dealkylation sites (tertiary alicyclic amines) is 1. The Morgan fingerprint density at radius 2 is 1.95 bits per heavy atom. The van der Waals surface area contributed by atoms with Crippen molar-refractivity contribution in [2.45, 2.75) is 24.9 Å². The Bertz CT molecular complexity index is 1770. The van der Waals surface area contributed by atoms with Crippen LogP contribution in [0.1, 0.15) is 12.8 Å². The molecule has 2 fully saturated rings. The number of carbonyl (C=O) groups excluding carboxylic acids is 1. The van der Waals surface area contributed by atoms with Crippen LogP contribution in [-0.2, 0) is 4.79 Å². The molecule has 2 aliphatic rings. The van der Waals surface area contributed by atoms with Crippen molar-refractivity contribution < 1.29 is 22.7 Å². The SMILES string of the molecule is [C-]#[N+]C[C@H]1CN(c2nc(OC[C@@H]3CCCN3C)nc3c(F)c(-c4cccc5c(F)c(F)sc45)ccc23)CCN1C(=O)C=C. The zero-order valence-electron chi connectivity index (χ0n) is 23.5. The maximum absolute atomic E-state index is 16.5. The van der Waals surface area contributed by atoms with Gasteiger partial charge in [0.2, 0.25) is 17.6 Å². The topological polar surface area (TPSA) is 66.2 Å². The summed E-state index contributed by atoms with van der Waals surface area (Å²) in [6.45, 7) is 13.4. The molecule has 6 rings (SSSR count). The molecule has 0 spiro atoms. The van der Waals surface area contributed by atoms with E-state index in [1.165, 1.54) is 12.1 Å². The van der Waals surface area contributed by atoms with Crippen LogP contribution in [-0.4, -0.2) is 84.1 Å². The summed E-state index contributed by atoms with van der Waals surface area (Å²) in [6.07, 6.45) is 3.25. The summed E-state index contributed by atoms with van der Waals surface area (Å²) in [4.78, 5) is 30.9. The zero-order chi connectivity index (χ0) is 30.2. The van der Waals surface area contributed by atoms with Crippen molar-refractivity contribution in [3.05, 3.63) is 71.2 Å². The normalized spacial score (nSPS) is 19.2. The molecule has 4 heterocycles. The first kappa shape index (κ1) is 28.9. The van der Waals surface area contributed by atoms with E-state index in [1.807, 2.05) is 11.9 Å².